The van der Waals surface area contributed by atoms with Crippen molar-refractivity contribution in [2.45, 2.75) is 20.8 Å². The molecule has 128 valence electrons. The van der Waals surface area contributed by atoms with E-state index >= 15 is 0 Å². The minimum absolute atomic E-state index is 0.174. The Labute approximate surface area is 154 Å². The molecular weight excluding hydrogens is 369 g/mol. The Morgan fingerprint density at radius 3 is 2.58 bits per heavy atom. The Kier molecular flexibility index (Phi) is 6.27. The van der Waals surface area contributed by atoms with Crippen molar-refractivity contribution >= 4 is 51.4 Å². The van der Waals surface area contributed by atoms with Gasteiger partial charge in [0.25, 0.3) is 0 Å². The highest BCUT2D eigenvalue weighted by atomic mass is 35.5. The number of ether oxygens (including phenoxy) is 1. The van der Waals surface area contributed by atoms with E-state index in [9.17, 15) is 9.59 Å². The highest BCUT2D eigenvalue weighted by molar-refractivity contribution is 7.19. The maximum absolute atomic E-state index is 12.2. The lowest BCUT2D eigenvalue weighted by molar-refractivity contribution is -0.113. The lowest BCUT2D eigenvalue weighted by Gasteiger charge is -2.09. The maximum Gasteiger partial charge on any atom is 0.348 e. The molecule has 0 atom stereocenters. The highest BCUT2D eigenvalue weighted by Gasteiger charge is 2.24. The number of benzene rings is 1. The molecule has 0 saturated carbocycles. The number of amides is 1. The first-order valence-electron chi connectivity index (χ1n) is 7.31. The fraction of sp³-hybridized carbons (Fsp3) is 0.294. The second kappa shape index (κ2) is 8.01. The molecular formula is C17H17Cl2NO3S. The maximum atomic E-state index is 12.2. The Morgan fingerprint density at radius 1 is 1.29 bits per heavy atom. The average molecular weight is 386 g/mol. The van der Waals surface area contributed by atoms with Crippen LogP contribution in [0.5, 0.6) is 0 Å². The monoisotopic (exact) mass is 385 g/mol. The van der Waals surface area contributed by atoms with Gasteiger partial charge in [0.05, 0.1) is 6.61 Å². The summed E-state index contributed by atoms with van der Waals surface area (Å²) in [6, 6.07) is 5.64. The van der Waals surface area contributed by atoms with E-state index in [1.807, 2.05) is 32.0 Å². The van der Waals surface area contributed by atoms with Crippen LogP contribution in [-0.2, 0) is 9.53 Å². The van der Waals surface area contributed by atoms with Gasteiger partial charge in [-0.2, -0.15) is 0 Å². The molecule has 0 aliphatic heterocycles. The zero-order valence-corrected chi connectivity index (χ0v) is 15.9. The van der Waals surface area contributed by atoms with E-state index in [1.165, 1.54) is 0 Å². The van der Waals surface area contributed by atoms with Crippen LogP contribution >= 0.6 is 34.5 Å². The van der Waals surface area contributed by atoms with Crippen LogP contribution in [-0.4, -0.2) is 24.4 Å². The van der Waals surface area contributed by atoms with Gasteiger partial charge in [0.2, 0.25) is 5.91 Å². The molecule has 0 radical (unpaired) electrons. The Balaban J connectivity index is 2.62. The van der Waals surface area contributed by atoms with Crippen molar-refractivity contribution < 1.29 is 14.3 Å². The number of alkyl halides is 1. The molecule has 2 rings (SSSR count). The summed E-state index contributed by atoms with van der Waals surface area (Å²) in [5, 5.41) is 3.82. The topological polar surface area (TPSA) is 55.4 Å². The number of nitrogens with one attached hydrogen (secondary N) is 1. The van der Waals surface area contributed by atoms with Crippen molar-refractivity contribution in [3.63, 3.8) is 0 Å². The molecule has 24 heavy (non-hydrogen) atoms. The number of thiophene rings is 1. The molecule has 0 spiro atoms. The highest BCUT2D eigenvalue weighted by Crippen LogP contribution is 2.43. The molecule has 1 aromatic carbocycles. The number of carbonyl (C=O) groups excluding carboxylic acids is 2. The third-order valence-electron chi connectivity index (χ3n) is 3.38. The predicted molar refractivity (Wildman–Crippen MR) is 99.5 cm³/mol. The van der Waals surface area contributed by atoms with E-state index in [2.05, 4.69) is 5.32 Å². The fourth-order valence-corrected chi connectivity index (χ4v) is 3.83. The van der Waals surface area contributed by atoms with E-state index in [4.69, 9.17) is 27.9 Å². The first kappa shape index (κ1) is 18.8. The number of halogens is 2. The van der Waals surface area contributed by atoms with Crippen LogP contribution < -0.4 is 5.32 Å². The average Bonchev–Trinajstić information content (AvgIpc) is 2.84. The van der Waals surface area contributed by atoms with E-state index in [0.717, 1.165) is 22.5 Å². The fourth-order valence-electron chi connectivity index (χ4n) is 2.30. The number of hydrogen-bond donors (Lipinski definition) is 1. The minimum Gasteiger partial charge on any atom is -0.462 e. The zero-order chi connectivity index (χ0) is 17.9. The minimum atomic E-state index is -0.421. The van der Waals surface area contributed by atoms with Crippen molar-refractivity contribution in [1.82, 2.24) is 0 Å². The smallest absolute Gasteiger partial charge is 0.348 e. The zero-order valence-electron chi connectivity index (χ0n) is 13.5. The summed E-state index contributed by atoms with van der Waals surface area (Å²) in [6.45, 7) is 5.77. The predicted octanol–water partition coefficient (Wildman–Crippen LogP) is 5.04. The second-order valence-electron chi connectivity index (χ2n) is 5.15. The molecule has 0 fully saturated rings. The molecule has 1 amide bonds. The summed E-state index contributed by atoms with van der Waals surface area (Å²) in [4.78, 5) is 24.3. The standard InChI is InChI=1S/C17H17Cl2NO3S/c1-4-23-17(22)15-10(3)14(16(24-15)20-13(21)8-18)11-6-5-9(2)7-12(11)19/h5-7H,4,8H2,1-3H3,(H,20,21). The summed E-state index contributed by atoms with van der Waals surface area (Å²) >= 11 is 13.1. The Bertz CT molecular complexity index is 786. The summed E-state index contributed by atoms with van der Waals surface area (Å²) in [5.74, 6) is -0.944. The van der Waals surface area contributed by atoms with Gasteiger partial charge in [-0.05, 0) is 38.0 Å². The van der Waals surface area contributed by atoms with Gasteiger partial charge in [0.1, 0.15) is 15.8 Å². The molecule has 0 bridgehead atoms. The van der Waals surface area contributed by atoms with Crippen LogP contribution in [0.15, 0.2) is 18.2 Å². The van der Waals surface area contributed by atoms with Crippen LogP contribution in [0.25, 0.3) is 11.1 Å². The SMILES string of the molecule is CCOC(=O)c1sc(NC(=O)CCl)c(-c2ccc(C)cc2Cl)c1C. The van der Waals surface area contributed by atoms with Crippen LogP contribution in [0.2, 0.25) is 5.02 Å². The third kappa shape index (κ3) is 3.91. The van der Waals surface area contributed by atoms with Crippen LogP contribution in [0.1, 0.15) is 27.7 Å². The van der Waals surface area contributed by atoms with Crippen molar-refractivity contribution in [2.75, 3.05) is 17.8 Å². The van der Waals surface area contributed by atoms with Gasteiger partial charge in [-0.25, -0.2) is 4.79 Å². The van der Waals surface area contributed by atoms with Gasteiger partial charge in [0, 0.05) is 16.1 Å². The lowest BCUT2D eigenvalue weighted by atomic mass is 10.0. The first-order valence-corrected chi connectivity index (χ1v) is 9.04. The molecule has 1 N–H and O–H groups in total. The number of rotatable bonds is 5. The molecule has 7 heteroatoms. The summed E-state index contributed by atoms with van der Waals surface area (Å²) in [5.41, 5.74) is 3.20. The van der Waals surface area contributed by atoms with E-state index < -0.39 is 5.97 Å². The van der Waals surface area contributed by atoms with Gasteiger partial charge in [-0.1, -0.05) is 23.7 Å². The summed E-state index contributed by atoms with van der Waals surface area (Å²) < 4.78 is 5.09. The molecule has 0 aliphatic carbocycles. The number of carbonyl (C=O) groups is 2. The van der Waals surface area contributed by atoms with E-state index in [1.54, 1.807) is 6.92 Å². The normalized spacial score (nSPS) is 10.5. The molecule has 0 aliphatic rings. The largest absolute Gasteiger partial charge is 0.462 e. The van der Waals surface area contributed by atoms with Crippen molar-refractivity contribution in [1.29, 1.82) is 0 Å². The van der Waals surface area contributed by atoms with Gasteiger partial charge in [0.15, 0.2) is 0 Å². The van der Waals surface area contributed by atoms with Gasteiger partial charge < -0.3 is 10.1 Å². The van der Waals surface area contributed by atoms with Crippen molar-refractivity contribution in [3.05, 3.63) is 39.2 Å². The Morgan fingerprint density at radius 2 is 2.00 bits per heavy atom. The molecule has 4 nitrogen and oxygen atoms in total. The number of aryl methyl sites for hydroxylation is 1. The van der Waals surface area contributed by atoms with E-state index in [-0.39, 0.29) is 18.4 Å². The summed E-state index contributed by atoms with van der Waals surface area (Å²) in [6.07, 6.45) is 0. The van der Waals surface area contributed by atoms with Crippen molar-refractivity contribution in [2.24, 2.45) is 0 Å². The number of anilines is 1. The number of esters is 1. The Hall–Kier alpha value is -1.56. The molecule has 0 unspecified atom stereocenters. The molecule has 0 saturated heterocycles. The molecule has 1 aromatic heterocycles. The van der Waals surface area contributed by atoms with Gasteiger partial charge in [-0.15, -0.1) is 22.9 Å². The van der Waals surface area contributed by atoms with Crippen molar-refractivity contribution in [3.8, 4) is 11.1 Å². The van der Waals surface area contributed by atoms with Crippen LogP contribution in [0.4, 0.5) is 5.00 Å². The molecule has 2 aromatic rings. The van der Waals surface area contributed by atoms with Gasteiger partial charge in [-0.3, -0.25) is 4.79 Å². The lowest BCUT2D eigenvalue weighted by Crippen LogP contribution is -2.12. The quantitative estimate of drug-likeness (QED) is 0.579. The third-order valence-corrected chi connectivity index (χ3v) is 5.12. The summed E-state index contributed by atoms with van der Waals surface area (Å²) in [7, 11) is 0. The first-order chi connectivity index (χ1) is 11.4. The van der Waals surface area contributed by atoms with Crippen LogP contribution in [0.3, 0.4) is 0 Å². The van der Waals surface area contributed by atoms with Gasteiger partial charge >= 0.3 is 5.97 Å². The molecule has 1 heterocycles. The number of hydrogen-bond acceptors (Lipinski definition) is 4. The van der Waals surface area contributed by atoms with E-state index in [0.29, 0.717) is 26.0 Å². The second-order valence-corrected chi connectivity index (χ2v) is 6.84. The van der Waals surface area contributed by atoms with Crippen LogP contribution in [0, 0.1) is 13.8 Å².